The summed E-state index contributed by atoms with van der Waals surface area (Å²) in [5.74, 6) is -0.899. The van der Waals surface area contributed by atoms with Crippen LogP contribution in [0.5, 0.6) is 0 Å². The second kappa shape index (κ2) is 6.53. The van der Waals surface area contributed by atoms with Gasteiger partial charge in [0.1, 0.15) is 11.6 Å². The van der Waals surface area contributed by atoms with Crippen LogP contribution in [0, 0.1) is 0 Å². The molecule has 7 nitrogen and oxygen atoms in total. The van der Waals surface area contributed by atoms with Crippen LogP contribution in [-0.4, -0.2) is 51.0 Å². The molecule has 2 fully saturated rings. The van der Waals surface area contributed by atoms with Crippen LogP contribution in [0.15, 0.2) is 30.3 Å². The number of thiocarbonyl (C=S) groups is 1. The minimum atomic E-state index is -1.05. The second-order valence-corrected chi connectivity index (χ2v) is 7.00. The summed E-state index contributed by atoms with van der Waals surface area (Å²) >= 11 is 5.09. The Morgan fingerprint density at radius 1 is 1.32 bits per heavy atom. The molecule has 0 aromatic heterocycles. The van der Waals surface area contributed by atoms with Crippen LogP contribution in [0.1, 0.15) is 25.8 Å². The zero-order valence-corrected chi connectivity index (χ0v) is 14.9. The summed E-state index contributed by atoms with van der Waals surface area (Å²) < 4.78 is 0. The number of rotatable bonds is 4. The van der Waals surface area contributed by atoms with E-state index >= 15 is 0 Å². The highest BCUT2D eigenvalue weighted by Gasteiger charge is 2.56. The number of hydrogen-bond donors (Lipinski definition) is 2. The Labute approximate surface area is 151 Å². The number of carbonyl (C=O) groups is 3. The molecule has 2 saturated heterocycles. The van der Waals surface area contributed by atoms with E-state index in [2.05, 4.69) is 10.6 Å². The molecule has 3 amide bonds. The predicted molar refractivity (Wildman–Crippen MR) is 95.1 cm³/mol. The lowest BCUT2D eigenvalue weighted by molar-refractivity contribution is -0.155. The first-order valence-electron chi connectivity index (χ1n) is 8.11. The Morgan fingerprint density at radius 2 is 2.00 bits per heavy atom. The fourth-order valence-electron chi connectivity index (χ4n) is 3.15. The highest BCUT2D eigenvalue weighted by atomic mass is 32.1. The van der Waals surface area contributed by atoms with Crippen LogP contribution >= 0.6 is 12.2 Å². The first kappa shape index (κ1) is 17.5. The molecule has 25 heavy (non-hydrogen) atoms. The summed E-state index contributed by atoms with van der Waals surface area (Å²) in [5.41, 5.74) is 0.0707. The van der Waals surface area contributed by atoms with Crippen molar-refractivity contribution in [1.82, 2.24) is 20.7 Å². The van der Waals surface area contributed by atoms with E-state index in [9.17, 15) is 14.4 Å². The summed E-state index contributed by atoms with van der Waals surface area (Å²) in [7, 11) is 0. The summed E-state index contributed by atoms with van der Waals surface area (Å²) in [6.45, 7) is 3.79. The lowest BCUT2D eigenvalue weighted by Gasteiger charge is -2.45. The van der Waals surface area contributed by atoms with Crippen LogP contribution in [0.4, 0.5) is 0 Å². The fraction of sp³-hybridized carbons (Fsp3) is 0.412. The van der Waals surface area contributed by atoms with Crippen LogP contribution in [0.25, 0.3) is 0 Å². The number of carbonyl (C=O) groups excluding carboxylic acids is 3. The molecule has 0 radical (unpaired) electrons. The molecule has 2 heterocycles. The van der Waals surface area contributed by atoms with E-state index < -0.39 is 11.6 Å². The van der Waals surface area contributed by atoms with Gasteiger partial charge in [-0.15, -0.1) is 0 Å². The van der Waals surface area contributed by atoms with Crippen LogP contribution in [0.3, 0.4) is 0 Å². The van der Waals surface area contributed by atoms with Gasteiger partial charge in [0.25, 0.3) is 0 Å². The molecule has 3 rings (SSSR count). The van der Waals surface area contributed by atoms with Gasteiger partial charge in [0.15, 0.2) is 5.11 Å². The number of hydrogen-bond acceptors (Lipinski definition) is 5. The van der Waals surface area contributed by atoms with Gasteiger partial charge in [-0.2, -0.15) is 5.01 Å². The van der Waals surface area contributed by atoms with Gasteiger partial charge in [0, 0.05) is 6.54 Å². The molecule has 1 atom stereocenters. The van der Waals surface area contributed by atoms with E-state index in [1.807, 2.05) is 30.3 Å². The molecule has 1 aromatic rings. The summed E-state index contributed by atoms with van der Waals surface area (Å²) in [4.78, 5) is 37.2. The zero-order valence-electron chi connectivity index (χ0n) is 14.1. The predicted octanol–water partition coefficient (Wildman–Crippen LogP) is 0.357. The monoisotopic (exact) mass is 360 g/mol. The van der Waals surface area contributed by atoms with Gasteiger partial charge in [-0.25, -0.2) is 5.01 Å². The maximum atomic E-state index is 12.6. The molecule has 0 saturated carbocycles. The van der Waals surface area contributed by atoms with E-state index in [4.69, 9.17) is 12.2 Å². The number of nitrogens with zero attached hydrogens (tertiary/aromatic N) is 2. The van der Waals surface area contributed by atoms with Crippen molar-refractivity contribution < 1.29 is 14.4 Å². The van der Waals surface area contributed by atoms with Crippen molar-refractivity contribution in [2.24, 2.45) is 0 Å². The minimum Gasteiger partial charge on any atom is -0.354 e. The largest absolute Gasteiger partial charge is 0.354 e. The van der Waals surface area contributed by atoms with Crippen LogP contribution in [0.2, 0.25) is 0 Å². The van der Waals surface area contributed by atoms with Gasteiger partial charge < -0.3 is 5.32 Å². The van der Waals surface area contributed by atoms with Gasteiger partial charge >= 0.3 is 0 Å². The molecule has 2 aliphatic heterocycles. The molecule has 0 unspecified atom stereocenters. The average molecular weight is 360 g/mol. The SMILES string of the molecule is CC1(C)C(=O)NC(=S)N2C(=O)C[C@@H](C(=O)NCCc3ccccc3)N21. The summed E-state index contributed by atoms with van der Waals surface area (Å²) in [5, 5.41) is 8.13. The zero-order chi connectivity index (χ0) is 18.2. The van der Waals surface area contributed by atoms with E-state index in [-0.39, 0.29) is 29.3 Å². The number of hydrazine groups is 1. The number of benzene rings is 1. The highest BCUT2D eigenvalue weighted by Crippen LogP contribution is 2.32. The first-order chi connectivity index (χ1) is 11.8. The minimum absolute atomic E-state index is 0.00427. The summed E-state index contributed by atoms with van der Waals surface area (Å²) in [6, 6.07) is 9.06. The molecule has 1 aromatic carbocycles. The van der Waals surface area contributed by atoms with E-state index in [0.717, 1.165) is 5.56 Å². The Kier molecular flexibility index (Phi) is 4.57. The third-order valence-corrected chi connectivity index (χ3v) is 4.79. The molecule has 0 spiro atoms. The van der Waals surface area contributed by atoms with Crippen LogP contribution < -0.4 is 10.6 Å². The fourth-order valence-corrected chi connectivity index (χ4v) is 3.43. The van der Waals surface area contributed by atoms with Gasteiger partial charge in [-0.05, 0) is 38.0 Å². The lowest BCUT2D eigenvalue weighted by Crippen LogP contribution is -2.71. The van der Waals surface area contributed by atoms with Crippen molar-refractivity contribution in [3.05, 3.63) is 35.9 Å². The molecule has 2 N–H and O–H groups in total. The van der Waals surface area contributed by atoms with Gasteiger partial charge in [-0.1, -0.05) is 30.3 Å². The van der Waals surface area contributed by atoms with Crippen molar-refractivity contribution in [2.75, 3.05) is 6.54 Å². The van der Waals surface area contributed by atoms with Crippen molar-refractivity contribution in [3.8, 4) is 0 Å². The standard InChI is InChI=1S/C17H20N4O3S/c1-17(2)15(24)19-16(25)20-13(22)10-12(21(17)20)14(23)18-9-8-11-6-4-3-5-7-11/h3-7,12H,8-10H2,1-2H3,(H,18,23)(H,19,24,25)/t12-/m0/s1. The average Bonchev–Trinajstić information content (AvgIpc) is 2.93. The van der Waals surface area contributed by atoms with E-state index in [1.54, 1.807) is 13.8 Å². The van der Waals surface area contributed by atoms with Gasteiger partial charge in [0.2, 0.25) is 17.7 Å². The third-order valence-electron chi connectivity index (χ3n) is 4.51. The Bertz CT molecular complexity index is 735. The molecule has 0 aliphatic carbocycles. The van der Waals surface area contributed by atoms with E-state index in [0.29, 0.717) is 13.0 Å². The first-order valence-corrected chi connectivity index (χ1v) is 8.52. The third kappa shape index (κ3) is 3.14. The Morgan fingerprint density at radius 3 is 2.68 bits per heavy atom. The molecule has 8 heteroatoms. The smallest absolute Gasteiger partial charge is 0.248 e. The van der Waals surface area contributed by atoms with Crippen molar-refractivity contribution in [1.29, 1.82) is 0 Å². The quantitative estimate of drug-likeness (QED) is 0.758. The maximum absolute atomic E-state index is 12.6. The Balaban J connectivity index is 1.70. The van der Waals surface area contributed by atoms with Crippen LogP contribution in [-0.2, 0) is 20.8 Å². The molecule has 2 aliphatic rings. The topological polar surface area (TPSA) is 81.8 Å². The van der Waals surface area contributed by atoms with Crippen molar-refractivity contribution in [2.45, 2.75) is 38.3 Å². The normalized spacial score (nSPS) is 22.6. The molecule has 132 valence electrons. The van der Waals surface area contributed by atoms with Crippen molar-refractivity contribution in [3.63, 3.8) is 0 Å². The number of nitrogens with one attached hydrogen (secondary N) is 2. The molecule has 0 bridgehead atoms. The number of amides is 3. The van der Waals surface area contributed by atoms with Gasteiger partial charge in [0.05, 0.1) is 6.42 Å². The number of fused-ring (bicyclic) bond motifs is 1. The van der Waals surface area contributed by atoms with Gasteiger partial charge in [-0.3, -0.25) is 19.7 Å². The van der Waals surface area contributed by atoms with Crippen molar-refractivity contribution >= 4 is 35.1 Å². The second-order valence-electron chi connectivity index (χ2n) is 6.61. The highest BCUT2D eigenvalue weighted by molar-refractivity contribution is 7.80. The molecular formula is C17H20N4O3S. The summed E-state index contributed by atoms with van der Waals surface area (Å²) in [6.07, 6.45) is 0.689. The van der Waals surface area contributed by atoms with E-state index in [1.165, 1.54) is 10.0 Å². The lowest BCUT2D eigenvalue weighted by atomic mass is 10.00. The molecular weight excluding hydrogens is 340 g/mol. The Hall–Kier alpha value is -2.32. The maximum Gasteiger partial charge on any atom is 0.248 e.